The number of benzene rings is 1. The number of rotatable bonds is 6. The van der Waals surface area contributed by atoms with Crippen LogP contribution in [0.5, 0.6) is 5.75 Å². The van der Waals surface area contributed by atoms with Crippen LogP contribution in [0.15, 0.2) is 29.1 Å². The smallest absolute Gasteiger partial charge is 0.279 e. The van der Waals surface area contributed by atoms with Gasteiger partial charge in [-0.15, -0.1) is 0 Å². The summed E-state index contributed by atoms with van der Waals surface area (Å²) in [7, 11) is 0. The molecule has 1 aromatic heterocycles. The summed E-state index contributed by atoms with van der Waals surface area (Å²) >= 11 is 0. The third-order valence-electron chi connectivity index (χ3n) is 4.34. The van der Waals surface area contributed by atoms with E-state index in [4.69, 9.17) is 10.00 Å². The van der Waals surface area contributed by atoms with Crippen LogP contribution in [0, 0.1) is 31.0 Å². The van der Waals surface area contributed by atoms with Crippen molar-refractivity contribution in [3.8, 4) is 11.8 Å². The molecule has 9 heteroatoms. The van der Waals surface area contributed by atoms with E-state index >= 15 is 0 Å². The van der Waals surface area contributed by atoms with Gasteiger partial charge in [0.25, 0.3) is 11.5 Å². The number of amides is 2. The van der Waals surface area contributed by atoms with E-state index in [1.807, 2.05) is 6.07 Å². The van der Waals surface area contributed by atoms with Crippen molar-refractivity contribution < 1.29 is 18.7 Å². The van der Waals surface area contributed by atoms with Crippen molar-refractivity contribution in [3.63, 3.8) is 0 Å². The Labute approximate surface area is 166 Å². The number of carbonyl (C=O) groups excluding carboxylic acids is 2. The van der Waals surface area contributed by atoms with E-state index in [2.05, 4.69) is 15.8 Å². The molecule has 152 valence electrons. The number of H-pyrrole nitrogens is 1. The maximum Gasteiger partial charge on any atom is 0.279 e. The number of nitrogens with one attached hydrogen (secondary N) is 3. The van der Waals surface area contributed by atoms with Gasteiger partial charge in [0, 0.05) is 12.1 Å². The predicted octanol–water partition coefficient (Wildman–Crippen LogP) is 1.55. The summed E-state index contributed by atoms with van der Waals surface area (Å²) < 4.78 is 18.3. The molecule has 3 N–H and O–H groups in total. The summed E-state index contributed by atoms with van der Waals surface area (Å²) in [5, 5.41) is 9.08. The number of aromatic nitrogens is 1. The molecule has 0 spiro atoms. The number of hydrogen-bond donors (Lipinski definition) is 3. The van der Waals surface area contributed by atoms with Crippen molar-refractivity contribution in [3.05, 3.63) is 62.8 Å². The molecule has 2 aromatic rings. The van der Waals surface area contributed by atoms with Gasteiger partial charge in [0.1, 0.15) is 23.2 Å². The van der Waals surface area contributed by atoms with Gasteiger partial charge in [-0.2, -0.15) is 5.26 Å². The monoisotopic (exact) mass is 400 g/mol. The minimum atomic E-state index is -0.914. The second-order valence-corrected chi connectivity index (χ2v) is 6.42. The lowest BCUT2D eigenvalue weighted by Gasteiger charge is -2.15. The maximum absolute atomic E-state index is 12.9. The number of nitriles is 1. The highest BCUT2D eigenvalue weighted by Gasteiger charge is 2.17. The van der Waals surface area contributed by atoms with Crippen LogP contribution >= 0.6 is 0 Å². The minimum absolute atomic E-state index is 0.0195. The highest BCUT2D eigenvalue weighted by Crippen LogP contribution is 2.15. The summed E-state index contributed by atoms with van der Waals surface area (Å²) in [4.78, 5) is 38.4. The molecule has 2 rings (SSSR count). The molecule has 0 bridgehead atoms. The minimum Gasteiger partial charge on any atom is -0.481 e. The molecule has 0 aliphatic carbocycles. The highest BCUT2D eigenvalue weighted by molar-refractivity contribution is 5.84. The van der Waals surface area contributed by atoms with E-state index in [9.17, 15) is 18.8 Å². The van der Waals surface area contributed by atoms with E-state index in [1.54, 1.807) is 13.8 Å². The lowest BCUT2D eigenvalue weighted by atomic mass is 9.99. The summed E-state index contributed by atoms with van der Waals surface area (Å²) in [5.74, 6) is -1.13. The van der Waals surface area contributed by atoms with E-state index in [-0.39, 0.29) is 18.4 Å². The van der Waals surface area contributed by atoms with E-state index in [0.29, 0.717) is 22.6 Å². The van der Waals surface area contributed by atoms with Crippen LogP contribution in [0.25, 0.3) is 0 Å². The van der Waals surface area contributed by atoms with Gasteiger partial charge in [-0.1, -0.05) is 0 Å². The predicted molar refractivity (Wildman–Crippen MR) is 102 cm³/mol. The van der Waals surface area contributed by atoms with Gasteiger partial charge in [-0.05, 0) is 62.6 Å². The average Bonchev–Trinajstić information content (AvgIpc) is 2.67. The largest absolute Gasteiger partial charge is 0.481 e. The van der Waals surface area contributed by atoms with Gasteiger partial charge in [0.2, 0.25) is 5.91 Å². The first kappa shape index (κ1) is 21.6. The molecule has 1 atom stereocenters. The quantitative estimate of drug-likeness (QED) is 0.635. The molecule has 0 aliphatic heterocycles. The fraction of sp³-hybridized carbons (Fsp3) is 0.300. The number of nitrogens with zero attached hydrogens (tertiary/aromatic N) is 1. The molecule has 1 unspecified atom stereocenters. The molecule has 0 radical (unpaired) electrons. The SMILES string of the molecule is Cc1[nH]c(=O)c(C#N)c(C)c1CCC(=O)NNC(=O)C(C)Oc1ccc(F)cc1. The van der Waals surface area contributed by atoms with Crippen molar-refractivity contribution in [2.24, 2.45) is 0 Å². The van der Waals surface area contributed by atoms with Gasteiger partial charge in [0.05, 0.1) is 0 Å². The molecule has 1 aromatic carbocycles. The Kier molecular flexibility index (Phi) is 7.09. The molecule has 0 saturated heterocycles. The van der Waals surface area contributed by atoms with E-state index in [1.165, 1.54) is 31.2 Å². The number of aromatic amines is 1. The lowest BCUT2D eigenvalue weighted by molar-refractivity contribution is -0.132. The van der Waals surface area contributed by atoms with Gasteiger partial charge in [-0.25, -0.2) is 4.39 Å². The van der Waals surface area contributed by atoms with Crippen LogP contribution in [0.2, 0.25) is 0 Å². The number of halogens is 1. The van der Waals surface area contributed by atoms with Gasteiger partial charge in [-0.3, -0.25) is 25.2 Å². The van der Waals surface area contributed by atoms with Crippen LogP contribution in [0.4, 0.5) is 4.39 Å². The number of aryl methyl sites for hydroxylation is 1. The number of hydrazine groups is 1. The summed E-state index contributed by atoms with van der Waals surface area (Å²) in [6.07, 6.45) is -0.596. The molecule has 1 heterocycles. The first-order chi connectivity index (χ1) is 13.7. The highest BCUT2D eigenvalue weighted by atomic mass is 19.1. The summed E-state index contributed by atoms with van der Waals surface area (Å²) in [6, 6.07) is 7.06. The van der Waals surface area contributed by atoms with Crippen molar-refractivity contribution in [1.82, 2.24) is 15.8 Å². The van der Waals surface area contributed by atoms with Gasteiger partial charge < -0.3 is 9.72 Å². The van der Waals surface area contributed by atoms with Gasteiger partial charge >= 0.3 is 0 Å². The molecule has 29 heavy (non-hydrogen) atoms. The zero-order chi connectivity index (χ0) is 21.6. The topological polar surface area (TPSA) is 124 Å². The Bertz CT molecular complexity index is 1010. The van der Waals surface area contributed by atoms with Crippen LogP contribution in [0.1, 0.15) is 35.7 Å². The molecule has 2 amide bonds. The normalized spacial score (nSPS) is 11.3. The summed E-state index contributed by atoms with van der Waals surface area (Å²) in [5.41, 5.74) is 5.94. The molecule has 0 saturated carbocycles. The summed E-state index contributed by atoms with van der Waals surface area (Å²) in [6.45, 7) is 4.84. The molecule has 0 aliphatic rings. The van der Waals surface area contributed by atoms with Crippen LogP contribution in [-0.4, -0.2) is 22.9 Å². The number of carbonyl (C=O) groups is 2. The Hall–Kier alpha value is -3.67. The first-order valence-corrected chi connectivity index (χ1v) is 8.86. The Morgan fingerprint density at radius 3 is 2.52 bits per heavy atom. The Morgan fingerprint density at radius 2 is 1.90 bits per heavy atom. The third kappa shape index (κ3) is 5.65. The number of ether oxygens (including phenoxy) is 1. The van der Waals surface area contributed by atoms with Crippen LogP contribution in [0.3, 0.4) is 0 Å². The first-order valence-electron chi connectivity index (χ1n) is 8.86. The van der Waals surface area contributed by atoms with E-state index in [0.717, 1.165) is 0 Å². The maximum atomic E-state index is 12.9. The zero-order valence-electron chi connectivity index (χ0n) is 16.3. The molecular weight excluding hydrogens is 379 g/mol. The Balaban J connectivity index is 1.87. The number of hydrogen-bond acceptors (Lipinski definition) is 5. The third-order valence-corrected chi connectivity index (χ3v) is 4.34. The molecular formula is C20H21FN4O4. The fourth-order valence-corrected chi connectivity index (χ4v) is 2.73. The van der Waals surface area contributed by atoms with E-state index < -0.39 is 29.3 Å². The Morgan fingerprint density at radius 1 is 1.24 bits per heavy atom. The molecule has 8 nitrogen and oxygen atoms in total. The van der Waals surface area contributed by atoms with Crippen molar-refractivity contribution in [2.45, 2.75) is 39.7 Å². The lowest BCUT2D eigenvalue weighted by Crippen LogP contribution is -2.47. The number of pyridine rings is 1. The second-order valence-electron chi connectivity index (χ2n) is 6.42. The van der Waals surface area contributed by atoms with Gasteiger partial charge in [0.15, 0.2) is 6.10 Å². The second kappa shape index (κ2) is 9.50. The zero-order valence-corrected chi connectivity index (χ0v) is 16.3. The van der Waals surface area contributed by atoms with Crippen LogP contribution < -0.4 is 21.1 Å². The van der Waals surface area contributed by atoms with Crippen molar-refractivity contribution in [2.75, 3.05) is 0 Å². The van der Waals surface area contributed by atoms with Crippen LogP contribution in [-0.2, 0) is 16.0 Å². The standard InChI is InChI=1S/C20H21FN4O4/c1-11-16(12(2)23-20(28)17(11)10-22)8-9-18(26)24-25-19(27)13(3)29-15-6-4-14(21)5-7-15/h4-7,13H,8-9H2,1-3H3,(H,23,28)(H,24,26)(H,25,27). The average molecular weight is 400 g/mol. The molecule has 0 fully saturated rings. The van der Waals surface area contributed by atoms with Crippen molar-refractivity contribution >= 4 is 11.8 Å². The van der Waals surface area contributed by atoms with Crippen molar-refractivity contribution in [1.29, 1.82) is 5.26 Å². The fourth-order valence-electron chi connectivity index (χ4n) is 2.73.